The van der Waals surface area contributed by atoms with Crippen molar-refractivity contribution in [2.24, 2.45) is 0 Å². The molecule has 0 aliphatic carbocycles. The molecule has 0 bridgehead atoms. The summed E-state index contributed by atoms with van der Waals surface area (Å²) in [6.07, 6.45) is 0. The van der Waals surface area contributed by atoms with Gasteiger partial charge < -0.3 is 5.32 Å². The first-order valence-corrected chi connectivity index (χ1v) is 8.73. The number of amides is 1. The van der Waals surface area contributed by atoms with Gasteiger partial charge in [0.2, 0.25) is 0 Å². The van der Waals surface area contributed by atoms with Crippen molar-refractivity contribution < 1.29 is 13.6 Å². The molecule has 1 unspecified atom stereocenters. The van der Waals surface area contributed by atoms with E-state index in [1.165, 1.54) is 10.7 Å². The molecule has 0 saturated heterocycles. The smallest absolute Gasteiger partial charge is 0.255 e. The van der Waals surface area contributed by atoms with Crippen LogP contribution in [0.25, 0.3) is 5.69 Å². The van der Waals surface area contributed by atoms with Gasteiger partial charge in [0.15, 0.2) is 5.82 Å². The first-order valence-electron chi connectivity index (χ1n) is 8.36. The summed E-state index contributed by atoms with van der Waals surface area (Å²) < 4.78 is 28.6. The van der Waals surface area contributed by atoms with Gasteiger partial charge in [-0.1, -0.05) is 23.7 Å². The van der Waals surface area contributed by atoms with Gasteiger partial charge in [-0.15, -0.1) is 0 Å². The van der Waals surface area contributed by atoms with Crippen LogP contribution >= 0.6 is 11.6 Å². The van der Waals surface area contributed by atoms with Crippen LogP contribution in [0.15, 0.2) is 42.5 Å². The van der Waals surface area contributed by atoms with Gasteiger partial charge in [0.25, 0.3) is 5.91 Å². The number of hydrogen-bond donors (Lipinski definition) is 1. The average Bonchev–Trinajstić information content (AvgIpc) is 2.89. The maximum absolute atomic E-state index is 14.1. The van der Waals surface area contributed by atoms with Crippen molar-refractivity contribution >= 4 is 17.5 Å². The minimum atomic E-state index is -0.748. The largest absolute Gasteiger partial charge is 0.345 e. The summed E-state index contributed by atoms with van der Waals surface area (Å²) in [4.78, 5) is 12.8. The van der Waals surface area contributed by atoms with Crippen molar-refractivity contribution in [1.82, 2.24) is 15.1 Å². The van der Waals surface area contributed by atoms with E-state index in [9.17, 15) is 13.6 Å². The Hall–Kier alpha value is -2.73. The zero-order valence-corrected chi connectivity index (χ0v) is 15.8. The minimum absolute atomic E-state index is 0.0850. The van der Waals surface area contributed by atoms with Crippen molar-refractivity contribution in [3.63, 3.8) is 0 Å². The highest BCUT2D eigenvalue weighted by atomic mass is 35.5. The van der Waals surface area contributed by atoms with Gasteiger partial charge >= 0.3 is 0 Å². The summed E-state index contributed by atoms with van der Waals surface area (Å²) in [6.45, 7) is 5.20. The van der Waals surface area contributed by atoms with Gasteiger partial charge in [-0.25, -0.2) is 13.5 Å². The van der Waals surface area contributed by atoms with E-state index in [1.54, 1.807) is 26.0 Å². The number of carbonyl (C=O) groups is 1. The monoisotopic (exact) mass is 389 g/mol. The molecule has 0 radical (unpaired) electrons. The third-order valence-electron chi connectivity index (χ3n) is 4.37. The van der Waals surface area contributed by atoms with Crippen LogP contribution in [0.4, 0.5) is 8.78 Å². The molecule has 7 heteroatoms. The molecule has 0 aliphatic heterocycles. The van der Waals surface area contributed by atoms with Crippen LogP contribution in [0.1, 0.15) is 40.3 Å². The van der Waals surface area contributed by atoms with Crippen LogP contribution in [-0.4, -0.2) is 15.7 Å². The third kappa shape index (κ3) is 3.85. The summed E-state index contributed by atoms with van der Waals surface area (Å²) >= 11 is 5.89. The van der Waals surface area contributed by atoms with E-state index in [0.717, 1.165) is 17.7 Å². The molecule has 1 N–H and O–H groups in total. The Morgan fingerprint density at radius 2 is 1.81 bits per heavy atom. The lowest BCUT2D eigenvalue weighted by Gasteiger charge is -2.15. The van der Waals surface area contributed by atoms with E-state index < -0.39 is 11.6 Å². The molecule has 1 heterocycles. The van der Waals surface area contributed by atoms with E-state index >= 15 is 0 Å². The highest BCUT2D eigenvalue weighted by Crippen LogP contribution is 2.22. The molecule has 2 aromatic carbocycles. The minimum Gasteiger partial charge on any atom is -0.345 e. The number of benzene rings is 2. The lowest BCUT2D eigenvalue weighted by Crippen LogP contribution is -2.27. The molecule has 0 saturated carbocycles. The van der Waals surface area contributed by atoms with E-state index in [-0.39, 0.29) is 17.6 Å². The molecular weight excluding hydrogens is 372 g/mol. The first-order chi connectivity index (χ1) is 12.8. The maximum Gasteiger partial charge on any atom is 0.255 e. The zero-order valence-electron chi connectivity index (χ0n) is 15.1. The van der Waals surface area contributed by atoms with Crippen molar-refractivity contribution in [2.75, 3.05) is 0 Å². The molecule has 4 nitrogen and oxygen atoms in total. The second-order valence-electron chi connectivity index (χ2n) is 6.30. The first kappa shape index (κ1) is 19.0. The Bertz CT molecular complexity index is 999. The number of halogens is 3. The number of rotatable bonds is 4. The summed E-state index contributed by atoms with van der Waals surface area (Å²) in [6, 6.07) is 10.2. The van der Waals surface area contributed by atoms with Crippen LogP contribution in [0.3, 0.4) is 0 Å². The number of nitrogens with one attached hydrogen (secondary N) is 1. The fourth-order valence-corrected chi connectivity index (χ4v) is 3.09. The average molecular weight is 390 g/mol. The maximum atomic E-state index is 14.1. The van der Waals surface area contributed by atoms with Crippen LogP contribution in [0, 0.1) is 25.5 Å². The number of aromatic nitrogens is 2. The highest BCUT2D eigenvalue weighted by Gasteiger charge is 2.22. The highest BCUT2D eigenvalue weighted by molar-refractivity contribution is 6.30. The molecule has 27 heavy (non-hydrogen) atoms. The topological polar surface area (TPSA) is 46.9 Å². The molecule has 1 amide bonds. The van der Waals surface area contributed by atoms with E-state index in [4.69, 9.17) is 11.6 Å². The predicted molar refractivity (Wildman–Crippen MR) is 100 cm³/mol. The molecule has 1 aromatic heterocycles. The molecule has 3 rings (SSSR count). The van der Waals surface area contributed by atoms with E-state index in [2.05, 4.69) is 10.4 Å². The third-order valence-corrected chi connectivity index (χ3v) is 4.63. The number of carbonyl (C=O) groups excluding carboxylic acids is 1. The van der Waals surface area contributed by atoms with Crippen molar-refractivity contribution in [1.29, 1.82) is 0 Å². The van der Waals surface area contributed by atoms with Gasteiger partial charge in [0.05, 0.1) is 23.0 Å². The second kappa shape index (κ2) is 7.48. The van der Waals surface area contributed by atoms with Gasteiger partial charge in [-0.2, -0.15) is 5.10 Å². The Labute approximate surface area is 160 Å². The Morgan fingerprint density at radius 3 is 2.44 bits per heavy atom. The second-order valence-corrected chi connectivity index (χ2v) is 6.74. The van der Waals surface area contributed by atoms with Crippen LogP contribution in [-0.2, 0) is 0 Å². The van der Waals surface area contributed by atoms with Gasteiger partial charge in [0, 0.05) is 11.1 Å². The number of aryl methyl sites for hydroxylation is 1. The van der Waals surface area contributed by atoms with E-state index in [1.807, 2.05) is 19.1 Å². The lowest BCUT2D eigenvalue weighted by atomic mass is 10.1. The zero-order chi connectivity index (χ0) is 19.7. The van der Waals surface area contributed by atoms with Gasteiger partial charge in [-0.05, 0) is 50.6 Å². The molecule has 140 valence electrons. The normalized spacial score (nSPS) is 12.1. The molecule has 0 spiro atoms. The summed E-state index contributed by atoms with van der Waals surface area (Å²) in [5.74, 6) is -1.74. The Morgan fingerprint density at radius 1 is 1.15 bits per heavy atom. The van der Waals surface area contributed by atoms with Crippen molar-refractivity contribution in [3.05, 3.63) is 81.6 Å². The summed E-state index contributed by atoms with van der Waals surface area (Å²) in [5.41, 5.74) is 2.28. The van der Waals surface area contributed by atoms with Crippen LogP contribution in [0.5, 0.6) is 0 Å². The SMILES string of the molecule is Cc1nn(-c2ccc(F)cc2F)c(C)c1C(=O)NC(C)c1ccc(Cl)cc1. The number of hydrogen-bond acceptors (Lipinski definition) is 2. The van der Waals surface area contributed by atoms with Crippen LogP contribution < -0.4 is 5.32 Å². The number of nitrogens with zero attached hydrogens (tertiary/aromatic N) is 2. The Balaban J connectivity index is 1.89. The van der Waals surface area contributed by atoms with Crippen molar-refractivity contribution in [2.45, 2.75) is 26.8 Å². The van der Waals surface area contributed by atoms with E-state index in [0.29, 0.717) is 22.0 Å². The summed E-state index contributed by atoms with van der Waals surface area (Å²) in [5, 5.41) is 7.79. The van der Waals surface area contributed by atoms with Crippen molar-refractivity contribution in [3.8, 4) is 5.69 Å². The molecular formula is C20H18ClF2N3O. The molecule has 1 atom stereocenters. The van der Waals surface area contributed by atoms with Crippen LogP contribution in [0.2, 0.25) is 5.02 Å². The molecule has 0 aliphatic rings. The van der Waals surface area contributed by atoms with Gasteiger partial charge in [-0.3, -0.25) is 4.79 Å². The standard InChI is InChI=1S/C20H18ClF2N3O/c1-11(14-4-6-15(21)7-5-14)24-20(27)19-12(2)25-26(13(19)3)18-9-8-16(22)10-17(18)23/h4-11H,1-3H3,(H,24,27). The molecule has 3 aromatic rings. The summed E-state index contributed by atoms with van der Waals surface area (Å²) in [7, 11) is 0. The lowest BCUT2D eigenvalue weighted by molar-refractivity contribution is 0.0938. The van der Waals surface area contributed by atoms with Gasteiger partial charge in [0.1, 0.15) is 11.5 Å². The Kier molecular flexibility index (Phi) is 5.28. The quantitative estimate of drug-likeness (QED) is 0.689. The molecule has 0 fully saturated rings. The fourth-order valence-electron chi connectivity index (χ4n) is 2.96. The predicted octanol–water partition coefficient (Wildman–Crippen LogP) is 4.91. The fraction of sp³-hybridized carbons (Fsp3) is 0.200.